The smallest absolute Gasteiger partial charge is 0.344 e. The lowest BCUT2D eigenvalue weighted by atomic mass is 9.86. The van der Waals surface area contributed by atoms with Gasteiger partial charge in [0.1, 0.15) is 22.8 Å². The van der Waals surface area contributed by atoms with Crippen LogP contribution in [0.3, 0.4) is 0 Å². The molecule has 9 nitrogen and oxygen atoms in total. The first-order valence-electron chi connectivity index (χ1n) is 11.7. The molecule has 0 saturated carbocycles. The highest BCUT2D eigenvalue weighted by atomic mass is 32.1. The summed E-state index contributed by atoms with van der Waals surface area (Å²) >= 11 is 5.47. The van der Waals surface area contributed by atoms with Crippen LogP contribution in [0.25, 0.3) is 0 Å². The topological polar surface area (TPSA) is 103 Å². The van der Waals surface area contributed by atoms with Crippen molar-refractivity contribution in [3.8, 4) is 17.2 Å². The molecule has 0 amide bonds. The number of methoxy groups -OCH3 is 1. The second-order valence-electron chi connectivity index (χ2n) is 8.36. The van der Waals surface area contributed by atoms with E-state index in [1.54, 1.807) is 44.6 Å². The number of hydrazone groups is 1. The SMILES string of the molecule is CCOC(=O)COc1ccc2c(c1)C(=NNC(=S)Nc1cccc(OC)c1)CC(C)(c1cccnc1)O2. The third-order valence-corrected chi connectivity index (χ3v) is 5.85. The molecule has 2 heterocycles. The fraction of sp³-hybridized carbons (Fsp3) is 0.259. The van der Waals surface area contributed by atoms with E-state index in [2.05, 4.69) is 20.8 Å². The number of benzene rings is 2. The molecule has 4 rings (SSSR count). The Balaban J connectivity index is 1.59. The molecule has 1 atom stereocenters. The Kier molecular flexibility index (Phi) is 8.19. The first-order valence-corrected chi connectivity index (χ1v) is 12.1. The summed E-state index contributed by atoms with van der Waals surface area (Å²) in [6.45, 7) is 3.83. The molecule has 1 unspecified atom stereocenters. The summed E-state index contributed by atoms with van der Waals surface area (Å²) in [6, 6.07) is 16.6. The molecule has 2 N–H and O–H groups in total. The molecule has 0 radical (unpaired) electrons. The Morgan fingerprint density at radius 2 is 2.05 bits per heavy atom. The largest absolute Gasteiger partial charge is 0.497 e. The van der Waals surface area contributed by atoms with Crippen molar-refractivity contribution in [1.29, 1.82) is 0 Å². The van der Waals surface area contributed by atoms with E-state index in [4.69, 9.17) is 31.2 Å². The van der Waals surface area contributed by atoms with Gasteiger partial charge < -0.3 is 24.3 Å². The van der Waals surface area contributed by atoms with E-state index in [0.29, 0.717) is 41.1 Å². The Morgan fingerprint density at radius 3 is 2.81 bits per heavy atom. The van der Waals surface area contributed by atoms with Crippen molar-refractivity contribution in [2.45, 2.75) is 25.9 Å². The van der Waals surface area contributed by atoms with Gasteiger partial charge in [-0.3, -0.25) is 10.4 Å². The predicted molar refractivity (Wildman–Crippen MR) is 144 cm³/mol. The van der Waals surface area contributed by atoms with Gasteiger partial charge in [0, 0.05) is 41.7 Å². The molecule has 1 aliphatic rings. The van der Waals surface area contributed by atoms with Gasteiger partial charge in [-0.05, 0) is 62.5 Å². The number of nitrogens with zero attached hydrogens (tertiary/aromatic N) is 2. The Hall–Kier alpha value is -4.18. The third-order valence-electron chi connectivity index (χ3n) is 5.66. The highest BCUT2D eigenvalue weighted by Gasteiger charge is 2.37. The number of hydrogen-bond acceptors (Lipinski definition) is 8. The van der Waals surface area contributed by atoms with E-state index < -0.39 is 11.6 Å². The standard InChI is InChI=1S/C27H28N4O5S/c1-4-34-25(32)17-35-21-10-11-24-22(14-21)23(15-27(2,36-24)18-7-6-12-28-16-18)30-31-26(37)29-19-8-5-9-20(13-19)33-3/h5-14,16H,4,15,17H2,1-3H3,(H2,29,31,37). The van der Waals surface area contributed by atoms with Gasteiger partial charge in [-0.2, -0.15) is 5.10 Å². The van der Waals surface area contributed by atoms with Crippen molar-refractivity contribution in [2.75, 3.05) is 25.6 Å². The predicted octanol–water partition coefficient (Wildman–Crippen LogP) is 4.42. The average molecular weight is 521 g/mol. The van der Waals surface area contributed by atoms with E-state index >= 15 is 0 Å². The molecule has 2 aromatic carbocycles. The molecule has 0 spiro atoms. The molecule has 1 aromatic heterocycles. The van der Waals surface area contributed by atoms with Gasteiger partial charge >= 0.3 is 5.97 Å². The minimum Gasteiger partial charge on any atom is -0.497 e. The van der Waals surface area contributed by atoms with Crippen molar-refractivity contribution in [2.24, 2.45) is 5.10 Å². The number of aromatic nitrogens is 1. The zero-order chi connectivity index (χ0) is 26.3. The highest BCUT2D eigenvalue weighted by Crippen LogP contribution is 2.40. The second kappa shape index (κ2) is 11.7. The van der Waals surface area contributed by atoms with Crippen molar-refractivity contribution in [3.05, 3.63) is 78.1 Å². The minimum absolute atomic E-state index is 0.194. The first kappa shape index (κ1) is 25.9. The van der Waals surface area contributed by atoms with Gasteiger partial charge in [0.05, 0.1) is 19.4 Å². The number of anilines is 1. The first-order chi connectivity index (χ1) is 17.9. The van der Waals surface area contributed by atoms with Crippen molar-refractivity contribution in [3.63, 3.8) is 0 Å². The molecule has 0 aliphatic carbocycles. The Bertz CT molecular complexity index is 1300. The average Bonchev–Trinajstić information content (AvgIpc) is 2.91. The van der Waals surface area contributed by atoms with Crippen LogP contribution in [0, 0.1) is 0 Å². The minimum atomic E-state index is -0.711. The summed E-state index contributed by atoms with van der Waals surface area (Å²) in [5.41, 5.74) is 5.32. The third kappa shape index (κ3) is 6.53. The molecule has 0 bridgehead atoms. The number of hydrogen-bond donors (Lipinski definition) is 2. The number of carbonyl (C=O) groups excluding carboxylic acids is 1. The van der Waals surface area contributed by atoms with Crippen LogP contribution in [0.2, 0.25) is 0 Å². The van der Waals surface area contributed by atoms with Crippen LogP contribution in [0.15, 0.2) is 72.1 Å². The number of rotatable bonds is 8. The summed E-state index contributed by atoms with van der Waals surface area (Å²) in [7, 11) is 1.61. The number of nitrogens with one attached hydrogen (secondary N) is 2. The summed E-state index contributed by atoms with van der Waals surface area (Å²) < 4.78 is 22.3. The number of esters is 1. The molecule has 1 aliphatic heterocycles. The normalized spacial score (nSPS) is 17.2. The molecule has 10 heteroatoms. The summed E-state index contributed by atoms with van der Waals surface area (Å²) in [4.78, 5) is 16.0. The summed E-state index contributed by atoms with van der Waals surface area (Å²) in [5.74, 6) is 1.38. The maximum absolute atomic E-state index is 11.7. The zero-order valence-corrected chi connectivity index (χ0v) is 21.6. The van der Waals surface area contributed by atoms with Crippen LogP contribution >= 0.6 is 12.2 Å². The molecule has 37 heavy (non-hydrogen) atoms. The van der Waals surface area contributed by atoms with Gasteiger partial charge in [-0.25, -0.2) is 4.79 Å². The second-order valence-corrected chi connectivity index (χ2v) is 8.77. The lowest BCUT2D eigenvalue weighted by Gasteiger charge is -2.36. The van der Waals surface area contributed by atoms with E-state index in [0.717, 1.165) is 16.8 Å². The lowest BCUT2D eigenvalue weighted by molar-refractivity contribution is -0.145. The summed E-state index contributed by atoms with van der Waals surface area (Å²) in [5, 5.41) is 8.05. The van der Waals surface area contributed by atoms with Gasteiger partial charge in [0.25, 0.3) is 0 Å². The van der Waals surface area contributed by atoms with Crippen molar-refractivity contribution < 1.29 is 23.7 Å². The monoisotopic (exact) mass is 520 g/mol. The quantitative estimate of drug-likeness (QED) is 0.254. The van der Waals surface area contributed by atoms with Gasteiger partial charge in [0.15, 0.2) is 11.7 Å². The molecule has 3 aromatic rings. The van der Waals surface area contributed by atoms with Gasteiger partial charge in [0.2, 0.25) is 0 Å². The maximum Gasteiger partial charge on any atom is 0.344 e. The van der Waals surface area contributed by atoms with E-state index in [9.17, 15) is 4.79 Å². The fourth-order valence-electron chi connectivity index (χ4n) is 3.87. The van der Waals surface area contributed by atoms with Crippen LogP contribution in [-0.2, 0) is 15.1 Å². The molecule has 192 valence electrons. The lowest BCUT2D eigenvalue weighted by Crippen LogP contribution is -2.38. The van der Waals surface area contributed by atoms with Crippen LogP contribution < -0.4 is 25.0 Å². The zero-order valence-electron chi connectivity index (χ0n) is 20.8. The summed E-state index contributed by atoms with van der Waals surface area (Å²) in [6.07, 6.45) is 3.93. The molecule has 0 fully saturated rings. The maximum atomic E-state index is 11.7. The fourth-order valence-corrected chi connectivity index (χ4v) is 4.03. The number of pyridine rings is 1. The van der Waals surface area contributed by atoms with Crippen LogP contribution in [0.5, 0.6) is 17.2 Å². The number of ether oxygens (including phenoxy) is 4. The van der Waals surface area contributed by atoms with Crippen molar-refractivity contribution in [1.82, 2.24) is 10.4 Å². The number of thiocarbonyl (C=S) groups is 1. The van der Waals surface area contributed by atoms with Crippen LogP contribution in [0.4, 0.5) is 5.69 Å². The molecule has 0 saturated heterocycles. The van der Waals surface area contributed by atoms with Crippen LogP contribution in [0.1, 0.15) is 31.4 Å². The van der Waals surface area contributed by atoms with Crippen molar-refractivity contribution >= 4 is 34.7 Å². The van der Waals surface area contributed by atoms with E-state index in [-0.39, 0.29) is 6.61 Å². The number of carbonyl (C=O) groups is 1. The van der Waals surface area contributed by atoms with E-state index in [1.807, 2.05) is 43.3 Å². The van der Waals surface area contributed by atoms with E-state index in [1.165, 1.54) is 0 Å². The molecular weight excluding hydrogens is 492 g/mol. The Labute approximate surface area is 220 Å². The van der Waals surface area contributed by atoms with Gasteiger partial charge in [-0.15, -0.1) is 0 Å². The number of fused-ring (bicyclic) bond motifs is 1. The molecular formula is C27H28N4O5S. The Morgan fingerprint density at radius 1 is 1.19 bits per heavy atom. The van der Waals surface area contributed by atoms with Gasteiger partial charge in [-0.1, -0.05) is 12.1 Å². The van der Waals surface area contributed by atoms with Crippen LogP contribution in [-0.4, -0.2) is 42.1 Å². The highest BCUT2D eigenvalue weighted by molar-refractivity contribution is 7.80.